The summed E-state index contributed by atoms with van der Waals surface area (Å²) in [6.07, 6.45) is 1.63. The zero-order chi connectivity index (χ0) is 18.7. The number of nitrogens with one attached hydrogen (secondary N) is 2. The quantitative estimate of drug-likeness (QED) is 0.495. The number of imidazole rings is 1. The maximum Gasteiger partial charge on any atom is 0.234 e. The number of nitrogens with zero attached hydrogens (tertiary/aromatic N) is 1. The molecule has 134 valence electrons. The van der Waals surface area contributed by atoms with Crippen LogP contribution in [0, 0.1) is 5.82 Å². The van der Waals surface area contributed by atoms with Gasteiger partial charge in [0.05, 0.1) is 33.4 Å². The van der Waals surface area contributed by atoms with Crippen LogP contribution >= 0.6 is 46.6 Å². The van der Waals surface area contributed by atoms with Crippen LogP contribution in [0.2, 0.25) is 15.1 Å². The number of halogens is 4. The molecule has 0 radical (unpaired) electrons. The number of carbonyl (C=O) groups excluding carboxylic acids is 1. The zero-order valence-electron chi connectivity index (χ0n) is 13.0. The minimum Gasteiger partial charge on any atom is -0.333 e. The van der Waals surface area contributed by atoms with Gasteiger partial charge in [0.15, 0.2) is 5.16 Å². The lowest BCUT2D eigenvalue weighted by atomic mass is 10.2. The molecule has 0 bridgehead atoms. The normalized spacial score (nSPS) is 10.8. The third-order valence-corrected chi connectivity index (χ3v) is 5.02. The Kier molecular flexibility index (Phi) is 6.09. The van der Waals surface area contributed by atoms with Crippen LogP contribution < -0.4 is 5.32 Å². The summed E-state index contributed by atoms with van der Waals surface area (Å²) in [4.78, 5) is 19.4. The fourth-order valence-corrected chi connectivity index (χ4v) is 3.68. The van der Waals surface area contributed by atoms with Gasteiger partial charge in [0.1, 0.15) is 5.82 Å². The molecule has 1 heterocycles. The number of rotatable bonds is 5. The number of thioether (sulfide) groups is 1. The first kappa shape index (κ1) is 19.0. The van der Waals surface area contributed by atoms with Crippen molar-refractivity contribution >= 4 is 58.2 Å². The predicted octanol–water partition coefficient (Wildman–Crippen LogP) is 5.91. The SMILES string of the molecule is O=C(CSc1ncc(-c2ccc(F)cc2)[nH]1)Nc1c(Cl)cc(Cl)cc1Cl. The molecule has 0 fully saturated rings. The number of hydrogen-bond acceptors (Lipinski definition) is 3. The molecule has 3 aromatic rings. The molecule has 26 heavy (non-hydrogen) atoms. The van der Waals surface area contributed by atoms with E-state index in [1.54, 1.807) is 18.3 Å². The second kappa shape index (κ2) is 8.31. The van der Waals surface area contributed by atoms with E-state index in [0.29, 0.717) is 15.9 Å². The molecule has 2 N–H and O–H groups in total. The maximum atomic E-state index is 13.0. The van der Waals surface area contributed by atoms with Crippen LogP contribution in [-0.4, -0.2) is 21.6 Å². The van der Waals surface area contributed by atoms with E-state index in [9.17, 15) is 9.18 Å². The van der Waals surface area contributed by atoms with E-state index in [1.165, 1.54) is 36.0 Å². The van der Waals surface area contributed by atoms with Gasteiger partial charge < -0.3 is 10.3 Å². The van der Waals surface area contributed by atoms with Gasteiger partial charge in [-0.1, -0.05) is 46.6 Å². The van der Waals surface area contributed by atoms with Gasteiger partial charge in [-0.15, -0.1) is 0 Å². The van der Waals surface area contributed by atoms with Crippen LogP contribution in [0.15, 0.2) is 47.8 Å². The Labute approximate surface area is 168 Å². The van der Waals surface area contributed by atoms with Gasteiger partial charge in [-0.3, -0.25) is 4.79 Å². The molecule has 0 unspecified atom stereocenters. The van der Waals surface area contributed by atoms with Gasteiger partial charge in [0.2, 0.25) is 5.91 Å². The largest absolute Gasteiger partial charge is 0.333 e. The molecular weight excluding hydrogens is 420 g/mol. The van der Waals surface area contributed by atoms with Crippen molar-refractivity contribution in [2.75, 3.05) is 11.1 Å². The molecule has 4 nitrogen and oxygen atoms in total. The van der Waals surface area contributed by atoms with Crippen LogP contribution in [0.5, 0.6) is 0 Å². The lowest BCUT2D eigenvalue weighted by molar-refractivity contribution is -0.113. The molecule has 1 aromatic heterocycles. The third kappa shape index (κ3) is 4.71. The number of amides is 1. The Morgan fingerprint density at radius 3 is 2.46 bits per heavy atom. The number of carbonyl (C=O) groups is 1. The van der Waals surface area contributed by atoms with Crippen molar-refractivity contribution in [3.8, 4) is 11.3 Å². The van der Waals surface area contributed by atoms with Gasteiger partial charge in [-0.25, -0.2) is 9.37 Å². The standard InChI is InChI=1S/C17H11Cl3FN3OS/c18-10-5-12(19)16(13(20)6-10)24-15(25)8-26-17-22-7-14(23-17)9-1-3-11(21)4-2-9/h1-7H,8H2,(H,22,23)(H,24,25). The summed E-state index contributed by atoms with van der Waals surface area (Å²) in [7, 11) is 0. The molecule has 9 heteroatoms. The Bertz CT molecular complexity index is 924. The second-order valence-corrected chi connectivity index (χ2v) is 7.41. The molecule has 1 amide bonds. The Hall–Kier alpha value is -1.73. The molecule has 0 aliphatic heterocycles. The molecule has 0 saturated carbocycles. The van der Waals surface area contributed by atoms with Gasteiger partial charge in [0.25, 0.3) is 0 Å². The van der Waals surface area contributed by atoms with E-state index in [-0.39, 0.29) is 27.5 Å². The van der Waals surface area contributed by atoms with Gasteiger partial charge in [-0.05, 0) is 42.0 Å². The molecule has 2 aromatic carbocycles. The summed E-state index contributed by atoms with van der Waals surface area (Å²) in [5, 5.41) is 4.13. The first-order chi connectivity index (χ1) is 12.4. The molecular formula is C17H11Cl3FN3OS. The number of aromatic amines is 1. The number of anilines is 1. The number of aromatic nitrogens is 2. The second-order valence-electron chi connectivity index (χ2n) is 5.19. The molecule has 0 atom stereocenters. The van der Waals surface area contributed by atoms with Crippen molar-refractivity contribution in [3.63, 3.8) is 0 Å². The van der Waals surface area contributed by atoms with Gasteiger partial charge in [0, 0.05) is 5.02 Å². The van der Waals surface area contributed by atoms with E-state index in [4.69, 9.17) is 34.8 Å². The average Bonchev–Trinajstić information content (AvgIpc) is 3.06. The summed E-state index contributed by atoms with van der Waals surface area (Å²) in [6, 6.07) is 9.04. The highest BCUT2D eigenvalue weighted by molar-refractivity contribution is 7.99. The van der Waals surface area contributed by atoms with Crippen LogP contribution in [0.4, 0.5) is 10.1 Å². The topological polar surface area (TPSA) is 57.8 Å². The summed E-state index contributed by atoms with van der Waals surface area (Å²) in [5.41, 5.74) is 1.85. The minimum atomic E-state index is -0.306. The molecule has 0 aliphatic rings. The monoisotopic (exact) mass is 429 g/mol. The van der Waals surface area contributed by atoms with E-state index in [2.05, 4.69) is 15.3 Å². The number of hydrogen-bond donors (Lipinski definition) is 2. The van der Waals surface area contributed by atoms with E-state index in [1.807, 2.05) is 0 Å². The lowest BCUT2D eigenvalue weighted by Crippen LogP contribution is -2.14. The Morgan fingerprint density at radius 2 is 1.81 bits per heavy atom. The van der Waals surface area contributed by atoms with Crippen molar-refractivity contribution in [2.45, 2.75) is 5.16 Å². The number of H-pyrrole nitrogens is 1. The highest BCUT2D eigenvalue weighted by atomic mass is 35.5. The van der Waals surface area contributed by atoms with Crippen LogP contribution in [0.3, 0.4) is 0 Å². The van der Waals surface area contributed by atoms with Crippen molar-refractivity contribution in [1.29, 1.82) is 0 Å². The van der Waals surface area contributed by atoms with Crippen molar-refractivity contribution in [3.05, 3.63) is 63.5 Å². The summed E-state index contributed by atoms with van der Waals surface area (Å²) < 4.78 is 13.0. The smallest absolute Gasteiger partial charge is 0.234 e. The Morgan fingerprint density at radius 1 is 1.15 bits per heavy atom. The fraction of sp³-hybridized carbons (Fsp3) is 0.0588. The summed E-state index contributed by atoms with van der Waals surface area (Å²) in [5.74, 6) is -0.494. The first-order valence-electron chi connectivity index (χ1n) is 7.30. The predicted molar refractivity (Wildman–Crippen MR) is 105 cm³/mol. The summed E-state index contributed by atoms with van der Waals surface area (Å²) in [6.45, 7) is 0. The number of benzene rings is 2. The molecule has 0 aliphatic carbocycles. The van der Waals surface area contributed by atoms with Gasteiger partial charge in [-0.2, -0.15) is 0 Å². The average molecular weight is 431 g/mol. The Balaban J connectivity index is 1.61. The highest BCUT2D eigenvalue weighted by Crippen LogP contribution is 2.33. The van der Waals surface area contributed by atoms with E-state index in [0.717, 1.165) is 11.3 Å². The fourth-order valence-electron chi connectivity index (χ4n) is 2.12. The van der Waals surface area contributed by atoms with Crippen molar-refractivity contribution in [1.82, 2.24) is 9.97 Å². The highest BCUT2D eigenvalue weighted by Gasteiger charge is 2.13. The van der Waals surface area contributed by atoms with Crippen LogP contribution in [-0.2, 0) is 4.79 Å². The molecule has 3 rings (SSSR count). The van der Waals surface area contributed by atoms with Crippen LogP contribution in [0.1, 0.15) is 0 Å². The van der Waals surface area contributed by atoms with E-state index < -0.39 is 0 Å². The zero-order valence-corrected chi connectivity index (χ0v) is 16.1. The molecule has 0 spiro atoms. The van der Waals surface area contributed by atoms with Crippen LogP contribution in [0.25, 0.3) is 11.3 Å². The lowest BCUT2D eigenvalue weighted by Gasteiger charge is -2.09. The molecule has 0 saturated heterocycles. The first-order valence-corrected chi connectivity index (χ1v) is 9.42. The maximum absolute atomic E-state index is 13.0. The third-order valence-electron chi connectivity index (χ3n) is 3.32. The van der Waals surface area contributed by atoms with Gasteiger partial charge >= 0.3 is 0 Å². The minimum absolute atomic E-state index is 0.103. The van der Waals surface area contributed by atoms with E-state index >= 15 is 0 Å². The summed E-state index contributed by atoms with van der Waals surface area (Å²) >= 11 is 19.1. The van der Waals surface area contributed by atoms with Crippen molar-refractivity contribution < 1.29 is 9.18 Å². The van der Waals surface area contributed by atoms with Crippen molar-refractivity contribution in [2.24, 2.45) is 0 Å².